The molecule has 3 heteroatoms. The number of Topliss-reactive ketones (excluding diaryl/α,β-unsaturated/α-hetero) is 1. The molecule has 104 valence electrons. The van der Waals surface area contributed by atoms with Gasteiger partial charge in [-0.15, -0.1) is 0 Å². The lowest BCUT2D eigenvalue weighted by atomic mass is 9.98. The Bertz CT molecular complexity index is 418. The molecule has 0 bridgehead atoms. The molecule has 0 radical (unpaired) electrons. The maximum atomic E-state index is 12.4. The van der Waals surface area contributed by atoms with Crippen LogP contribution >= 0.6 is 0 Å². The molecule has 19 heavy (non-hydrogen) atoms. The fourth-order valence-corrected chi connectivity index (χ4v) is 2.77. The standard InChI is InChI=1S/C16H24N2O/c1-13(16(19)15-7-5-4-6-8-15)11-18-10-9-17(3)12-14(18)2/h4-8,13-14H,9-12H2,1-3H3. The highest BCUT2D eigenvalue weighted by Gasteiger charge is 2.25. The van der Waals surface area contributed by atoms with Crippen molar-refractivity contribution in [2.75, 3.05) is 33.2 Å². The maximum Gasteiger partial charge on any atom is 0.166 e. The molecular weight excluding hydrogens is 236 g/mol. The number of likely N-dealkylation sites (N-methyl/N-ethyl adjacent to an activating group) is 1. The van der Waals surface area contributed by atoms with Gasteiger partial charge in [0.1, 0.15) is 0 Å². The summed E-state index contributed by atoms with van der Waals surface area (Å²) in [4.78, 5) is 17.1. The highest BCUT2D eigenvalue weighted by atomic mass is 16.1. The van der Waals surface area contributed by atoms with Crippen molar-refractivity contribution in [2.24, 2.45) is 5.92 Å². The predicted molar refractivity (Wildman–Crippen MR) is 78.5 cm³/mol. The molecule has 2 atom stereocenters. The molecule has 0 amide bonds. The van der Waals surface area contributed by atoms with Gasteiger partial charge >= 0.3 is 0 Å². The third kappa shape index (κ3) is 3.64. The van der Waals surface area contributed by atoms with Crippen LogP contribution in [0.3, 0.4) is 0 Å². The molecule has 1 saturated heterocycles. The summed E-state index contributed by atoms with van der Waals surface area (Å²) < 4.78 is 0. The smallest absolute Gasteiger partial charge is 0.166 e. The molecule has 1 aromatic rings. The summed E-state index contributed by atoms with van der Waals surface area (Å²) >= 11 is 0. The fraction of sp³-hybridized carbons (Fsp3) is 0.562. The molecule has 0 aromatic heterocycles. The summed E-state index contributed by atoms with van der Waals surface area (Å²) in [7, 11) is 2.16. The number of ketones is 1. The quantitative estimate of drug-likeness (QED) is 0.775. The van der Waals surface area contributed by atoms with Crippen LogP contribution in [0.4, 0.5) is 0 Å². The summed E-state index contributed by atoms with van der Waals surface area (Å²) in [6.45, 7) is 8.39. The zero-order valence-electron chi connectivity index (χ0n) is 12.2. The largest absolute Gasteiger partial charge is 0.304 e. The molecule has 1 aliphatic heterocycles. The van der Waals surface area contributed by atoms with Gasteiger partial charge in [0, 0.05) is 43.7 Å². The Labute approximate surface area is 116 Å². The third-order valence-electron chi connectivity index (χ3n) is 3.98. The molecule has 1 aromatic carbocycles. The van der Waals surface area contributed by atoms with E-state index < -0.39 is 0 Å². The summed E-state index contributed by atoms with van der Waals surface area (Å²) in [5.74, 6) is 0.319. The number of carbonyl (C=O) groups excluding carboxylic acids is 1. The van der Waals surface area contributed by atoms with Crippen LogP contribution in [0.1, 0.15) is 24.2 Å². The Morgan fingerprint density at radius 3 is 2.63 bits per heavy atom. The highest BCUT2D eigenvalue weighted by Crippen LogP contribution is 2.14. The molecule has 1 aliphatic rings. The van der Waals surface area contributed by atoms with Gasteiger partial charge in [-0.2, -0.15) is 0 Å². The molecule has 1 heterocycles. The first kappa shape index (κ1) is 14.2. The van der Waals surface area contributed by atoms with Gasteiger partial charge in [0.2, 0.25) is 0 Å². The zero-order chi connectivity index (χ0) is 13.8. The number of rotatable bonds is 4. The lowest BCUT2D eigenvalue weighted by Crippen LogP contribution is -2.52. The third-order valence-corrected chi connectivity index (χ3v) is 3.98. The molecular formula is C16H24N2O. The van der Waals surface area contributed by atoms with Gasteiger partial charge in [0.25, 0.3) is 0 Å². The van der Waals surface area contributed by atoms with Gasteiger partial charge < -0.3 is 4.90 Å². The van der Waals surface area contributed by atoms with Crippen molar-refractivity contribution in [1.82, 2.24) is 9.80 Å². The molecule has 1 fully saturated rings. The van der Waals surface area contributed by atoms with Crippen molar-refractivity contribution in [1.29, 1.82) is 0 Å². The SMILES string of the molecule is CC(CN1CCN(C)CC1C)C(=O)c1ccccc1. The van der Waals surface area contributed by atoms with E-state index in [4.69, 9.17) is 0 Å². The van der Waals surface area contributed by atoms with Crippen LogP contribution in [0.25, 0.3) is 0 Å². The van der Waals surface area contributed by atoms with Crippen LogP contribution in [0.2, 0.25) is 0 Å². The number of hydrogen-bond acceptors (Lipinski definition) is 3. The van der Waals surface area contributed by atoms with Crippen molar-refractivity contribution >= 4 is 5.78 Å². The summed E-state index contributed by atoms with van der Waals surface area (Å²) in [5, 5.41) is 0. The zero-order valence-corrected chi connectivity index (χ0v) is 12.2. The number of hydrogen-bond donors (Lipinski definition) is 0. The van der Waals surface area contributed by atoms with Crippen molar-refractivity contribution < 1.29 is 4.79 Å². The van der Waals surface area contributed by atoms with Gasteiger partial charge in [0.05, 0.1) is 0 Å². The number of nitrogens with zero attached hydrogens (tertiary/aromatic N) is 2. The Hall–Kier alpha value is -1.19. The molecule has 0 N–H and O–H groups in total. The second kappa shape index (κ2) is 6.31. The Balaban J connectivity index is 1.94. The molecule has 0 aliphatic carbocycles. The fourth-order valence-electron chi connectivity index (χ4n) is 2.77. The van der Waals surface area contributed by atoms with Crippen LogP contribution < -0.4 is 0 Å². The first-order valence-corrected chi connectivity index (χ1v) is 7.10. The van der Waals surface area contributed by atoms with Crippen molar-refractivity contribution in [3.63, 3.8) is 0 Å². The average molecular weight is 260 g/mol. The van der Waals surface area contributed by atoms with E-state index in [1.54, 1.807) is 0 Å². The highest BCUT2D eigenvalue weighted by molar-refractivity contribution is 5.97. The second-order valence-electron chi connectivity index (χ2n) is 5.74. The molecule has 0 saturated carbocycles. The normalized spacial score (nSPS) is 23.2. The maximum absolute atomic E-state index is 12.4. The van der Waals surface area contributed by atoms with Gasteiger partial charge in [-0.05, 0) is 14.0 Å². The average Bonchev–Trinajstić information content (AvgIpc) is 2.42. The first-order chi connectivity index (χ1) is 9.08. The number of benzene rings is 1. The second-order valence-corrected chi connectivity index (χ2v) is 5.74. The summed E-state index contributed by atoms with van der Waals surface area (Å²) in [5.41, 5.74) is 0.830. The predicted octanol–water partition coefficient (Wildman–Crippen LogP) is 2.14. The van der Waals surface area contributed by atoms with Crippen molar-refractivity contribution in [3.05, 3.63) is 35.9 Å². The van der Waals surface area contributed by atoms with E-state index in [1.165, 1.54) is 0 Å². The van der Waals surface area contributed by atoms with Gasteiger partial charge in [-0.25, -0.2) is 0 Å². The van der Waals surface area contributed by atoms with E-state index in [2.05, 4.69) is 23.8 Å². The van der Waals surface area contributed by atoms with Crippen LogP contribution in [-0.4, -0.2) is 54.9 Å². The van der Waals surface area contributed by atoms with E-state index >= 15 is 0 Å². The summed E-state index contributed by atoms with van der Waals surface area (Å²) in [6.07, 6.45) is 0. The molecule has 2 unspecified atom stereocenters. The molecule has 2 rings (SSSR count). The van der Waals surface area contributed by atoms with Crippen molar-refractivity contribution in [2.45, 2.75) is 19.9 Å². The van der Waals surface area contributed by atoms with Crippen molar-refractivity contribution in [3.8, 4) is 0 Å². The molecule has 3 nitrogen and oxygen atoms in total. The van der Waals surface area contributed by atoms with E-state index in [9.17, 15) is 4.79 Å². The first-order valence-electron chi connectivity index (χ1n) is 7.10. The van der Waals surface area contributed by atoms with E-state index in [1.807, 2.05) is 37.3 Å². The summed E-state index contributed by atoms with van der Waals surface area (Å²) in [6, 6.07) is 10.2. The van der Waals surface area contributed by atoms with Crippen LogP contribution in [-0.2, 0) is 0 Å². The lowest BCUT2D eigenvalue weighted by Gasteiger charge is -2.39. The Morgan fingerprint density at radius 2 is 2.00 bits per heavy atom. The monoisotopic (exact) mass is 260 g/mol. The molecule has 0 spiro atoms. The number of piperazine rings is 1. The van der Waals surface area contributed by atoms with Gasteiger partial charge in [-0.1, -0.05) is 37.3 Å². The van der Waals surface area contributed by atoms with Gasteiger partial charge in [-0.3, -0.25) is 9.69 Å². The van der Waals surface area contributed by atoms with Crippen LogP contribution in [0.15, 0.2) is 30.3 Å². The van der Waals surface area contributed by atoms with E-state index in [0.29, 0.717) is 6.04 Å². The topological polar surface area (TPSA) is 23.6 Å². The van der Waals surface area contributed by atoms with Crippen LogP contribution in [0, 0.1) is 5.92 Å². The minimum Gasteiger partial charge on any atom is -0.304 e. The Morgan fingerprint density at radius 1 is 1.32 bits per heavy atom. The lowest BCUT2D eigenvalue weighted by molar-refractivity contribution is 0.0723. The van der Waals surface area contributed by atoms with Crippen LogP contribution in [0.5, 0.6) is 0 Å². The van der Waals surface area contributed by atoms with E-state index in [-0.39, 0.29) is 11.7 Å². The Kier molecular flexibility index (Phi) is 4.72. The van der Waals surface area contributed by atoms with E-state index in [0.717, 1.165) is 31.7 Å². The minimum atomic E-state index is 0.0632. The van der Waals surface area contributed by atoms with Gasteiger partial charge in [0.15, 0.2) is 5.78 Å². The number of carbonyl (C=O) groups is 1. The minimum absolute atomic E-state index is 0.0632.